The van der Waals surface area contributed by atoms with E-state index in [-0.39, 0.29) is 17.5 Å². The number of hydrogen-bond donors (Lipinski definition) is 0. The highest BCUT2D eigenvalue weighted by Gasteiger charge is 2.27. The molecule has 2 aromatic heterocycles. The van der Waals surface area contributed by atoms with Crippen molar-refractivity contribution in [1.29, 1.82) is 0 Å². The summed E-state index contributed by atoms with van der Waals surface area (Å²) in [7, 11) is 0. The van der Waals surface area contributed by atoms with Gasteiger partial charge in [0.25, 0.3) is 5.56 Å². The molecule has 8 nitrogen and oxygen atoms in total. The first-order valence-corrected chi connectivity index (χ1v) is 10.3. The molecule has 2 saturated heterocycles. The van der Waals surface area contributed by atoms with Gasteiger partial charge in [0.05, 0.1) is 31.9 Å². The van der Waals surface area contributed by atoms with Crippen LogP contribution in [0, 0.1) is 0 Å². The van der Waals surface area contributed by atoms with E-state index in [4.69, 9.17) is 4.74 Å². The molecule has 2 aromatic rings. The van der Waals surface area contributed by atoms with Gasteiger partial charge in [-0.15, -0.1) is 0 Å². The van der Waals surface area contributed by atoms with E-state index in [1.807, 2.05) is 17.0 Å². The van der Waals surface area contributed by atoms with E-state index in [0.29, 0.717) is 39.3 Å². The largest absolute Gasteiger partial charge is 0.379 e. The van der Waals surface area contributed by atoms with Crippen molar-refractivity contribution in [2.45, 2.75) is 31.8 Å². The molecule has 0 bridgehead atoms. The van der Waals surface area contributed by atoms with Gasteiger partial charge in [-0.2, -0.15) is 5.10 Å². The van der Waals surface area contributed by atoms with Crippen LogP contribution < -0.4 is 5.56 Å². The third kappa shape index (κ3) is 4.89. The monoisotopic (exact) mass is 397 g/mol. The van der Waals surface area contributed by atoms with Gasteiger partial charge in [-0.1, -0.05) is 0 Å². The molecule has 4 heterocycles. The molecule has 8 heteroatoms. The van der Waals surface area contributed by atoms with Crippen molar-refractivity contribution in [3.8, 4) is 11.3 Å². The Morgan fingerprint density at radius 2 is 2.03 bits per heavy atom. The van der Waals surface area contributed by atoms with Gasteiger partial charge in [0, 0.05) is 49.7 Å². The average molecular weight is 397 g/mol. The number of pyridine rings is 1. The Morgan fingerprint density at radius 3 is 2.90 bits per heavy atom. The lowest BCUT2D eigenvalue weighted by Crippen LogP contribution is -2.43. The van der Waals surface area contributed by atoms with E-state index in [2.05, 4.69) is 15.0 Å². The van der Waals surface area contributed by atoms with Crippen LogP contribution in [0.5, 0.6) is 0 Å². The van der Waals surface area contributed by atoms with Crippen LogP contribution in [0.1, 0.15) is 19.3 Å². The number of carbonyl (C=O) groups is 1. The molecule has 0 radical (unpaired) electrons. The van der Waals surface area contributed by atoms with Gasteiger partial charge in [0.2, 0.25) is 5.91 Å². The molecule has 0 saturated carbocycles. The molecule has 1 atom stereocenters. The Bertz CT molecular complexity index is 885. The van der Waals surface area contributed by atoms with Gasteiger partial charge in [-0.05, 0) is 37.6 Å². The number of likely N-dealkylation sites (tertiary alicyclic amines) is 1. The number of rotatable bonds is 6. The van der Waals surface area contributed by atoms with Crippen molar-refractivity contribution in [3.05, 3.63) is 47.0 Å². The summed E-state index contributed by atoms with van der Waals surface area (Å²) in [6.07, 6.45) is 6.06. The van der Waals surface area contributed by atoms with Crippen LogP contribution in [0.25, 0.3) is 11.3 Å². The van der Waals surface area contributed by atoms with E-state index >= 15 is 0 Å². The lowest BCUT2D eigenvalue weighted by Gasteiger charge is -2.28. The summed E-state index contributed by atoms with van der Waals surface area (Å²) in [6.45, 7) is 4.85. The fraction of sp³-hybridized carbons (Fsp3) is 0.524. The van der Waals surface area contributed by atoms with E-state index < -0.39 is 0 Å². The number of ether oxygens (including phenoxy) is 1. The summed E-state index contributed by atoms with van der Waals surface area (Å²) in [4.78, 5) is 33.0. The highest BCUT2D eigenvalue weighted by molar-refractivity contribution is 5.76. The van der Waals surface area contributed by atoms with Crippen molar-refractivity contribution < 1.29 is 9.53 Å². The second-order valence-electron chi connectivity index (χ2n) is 7.56. The van der Waals surface area contributed by atoms with Gasteiger partial charge in [0.15, 0.2) is 0 Å². The molecule has 0 spiro atoms. The third-order valence-electron chi connectivity index (χ3n) is 5.68. The summed E-state index contributed by atoms with van der Waals surface area (Å²) < 4.78 is 6.97. The number of amides is 1. The SMILES string of the molecule is O=C1CCOCCN1CCN1CCCC1Cn1nc(-c2cccnc2)ccc1=O. The van der Waals surface area contributed by atoms with E-state index in [1.165, 1.54) is 0 Å². The van der Waals surface area contributed by atoms with Crippen LogP contribution in [-0.2, 0) is 16.1 Å². The third-order valence-corrected chi connectivity index (χ3v) is 5.68. The van der Waals surface area contributed by atoms with Gasteiger partial charge >= 0.3 is 0 Å². The summed E-state index contributed by atoms with van der Waals surface area (Å²) in [5, 5.41) is 4.57. The normalized spacial score (nSPS) is 20.8. The highest BCUT2D eigenvalue weighted by atomic mass is 16.5. The minimum atomic E-state index is -0.0932. The quantitative estimate of drug-likeness (QED) is 0.724. The van der Waals surface area contributed by atoms with Crippen LogP contribution in [0.2, 0.25) is 0 Å². The molecule has 0 N–H and O–H groups in total. The molecule has 4 rings (SSSR count). The Hall–Kier alpha value is -2.58. The predicted octanol–water partition coefficient (Wildman–Crippen LogP) is 1.02. The van der Waals surface area contributed by atoms with E-state index in [0.717, 1.165) is 37.2 Å². The van der Waals surface area contributed by atoms with Gasteiger partial charge < -0.3 is 9.64 Å². The maximum atomic E-state index is 12.4. The average Bonchev–Trinajstić information content (AvgIpc) is 3.08. The highest BCUT2D eigenvalue weighted by Crippen LogP contribution is 2.19. The second kappa shape index (κ2) is 9.28. The second-order valence-corrected chi connectivity index (χ2v) is 7.56. The molecule has 0 aromatic carbocycles. The standard InChI is InChI=1S/C21H27N5O3/c27-20-7-13-29-14-12-25(20)11-10-24-9-2-4-18(24)16-26-21(28)6-5-19(23-26)17-3-1-8-22-15-17/h1,3,5-6,8,15,18H,2,4,7,9-14,16H2. The van der Waals surface area contributed by atoms with Crippen LogP contribution in [0.3, 0.4) is 0 Å². The number of carbonyl (C=O) groups excluding carboxylic acids is 1. The lowest BCUT2D eigenvalue weighted by molar-refractivity contribution is -0.130. The van der Waals surface area contributed by atoms with Crippen LogP contribution in [-0.4, -0.2) is 75.9 Å². The molecule has 29 heavy (non-hydrogen) atoms. The molecule has 2 aliphatic heterocycles. The van der Waals surface area contributed by atoms with Crippen molar-refractivity contribution in [1.82, 2.24) is 24.6 Å². The maximum absolute atomic E-state index is 12.4. The Kier molecular flexibility index (Phi) is 6.31. The first-order valence-electron chi connectivity index (χ1n) is 10.3. The minimum Gasteiger partial charge on any atom is -0.379 e. The topological polar surface area (TPSA) is 80.6 Å². The van der Waals surface area contributed by atoms with Crippen molar-refractivity contribution in [3.63, 3.8) is 0 Å². The number of aromatic nitrogens is 3. The number of hydrogen-bond acceptors (Lipinski definition) is 6. The van der Waals surface area contributed by atoms with Crippen LogP contribution in [0.4, 0.5) is 0 Å². The minimum absolute atomic E-state index is 0.0932. The van der Waals surface area contributed by atoms with E-state index in [1.54, 1.807) is 29.2 Å². The van der Waals surface area contributed by atoms with Crippen molar-refractivity contribution >= 4 is 5.91 Å². The zero-order valence-corrected chi connectivity index (χ0v) is 16.6. The number of nitrogens with zero attached hydrogens (tertiary/aromatic N) is 5. The molecular formula is C21H27N5O3. The molecule has 154 valence electrons. The first kappa shape index (κ1) is 19.7. The van der Waals surface area contributed by atoms with Gasteiger partial charge in [0.1, 0.15) is 0 Å². The summed E-state index contributed by atoms with van der Waals surface area (Å²) in [5.74, 6) is 0.167. The first-order chi connectivity index (χ1) is 14.2. The van der Waals surface area contributed by atoms with Crippen molar-refractivity contribution in [2.24, 2.45) is 0 Å². The van der Waals surface area contributed by atoms with Crippen LogP contribution >= 0.6 is 0 Å². The van der Waals surface area contributed by atoms with Crippen LogP contribution in [0.15, 0.2) is 41.5 Å². The lowest BCUT2D eigenvalue weighted by atomic mass is 10.2. The summed E-state index contributed by atoms with van der Waals surface area (Å²) >= 11 is 0. The zero-order valence-electron chi connectivity index (χ0n) is 16.6. The molecule has 0 aliphatic carbocycles. The van der Waals surface area contributed by atoms with Gasteiger partial charge in [-0.3, -0.25) is 19.5 Å². The Labute approximate surface area is 170 Å². The Balaban J connectivity index is 1.42. The fourth-order valence-corrected chi connectivity index (χ4v) is 4.05. The molecule has 1 amide bonds. The molecular weight excluding hydrogens is 370 g/mol. The fourth-order valence-electron chi connectivity index (χ4n) is 4.05. The summed E-state index contributed by atoms with van der Waals surface area (Å²) in [6, 6.07) is 7.37. The Morgan fingerprint density at radius 1 is 1.10 bits per heavy atom. The van der Waals surface area contributed by atoms with E-state index in [9.17, 15) is 9.59 Å². The summed E-state index contributed by atoms with van der Waals surface area (Å²) in [5.41, 5.74) is 1.55. The maximum Gasteiger partial charge on any atom is 0.266 e. The zero-order chi connectivity index (χ0) is 20.1. The molecule has 1 unspecified atom stereocenters. The molecule has 2 fully saturated rings. The smallest absolute Gasteiger partial charge is 0.266 e. The molecule has 2 aliphatic rings. The van der Waals surface area contributed by atoms with Gasteiger partial charge in [-0.25, -0.2) is 4.68 Å². The van der Waals surface area contributed by atoms with Crippen molar-refractivity contribution in [2.75, 3.05) is 39.4 Å². The predicted molar refractivity (Wildman–Crippen MR) is 108 cm³/mol.